The van der Waals surface area contributed by atoms with E-state index < -0.39 is 0 Å². The number of nitrogens with zero attached hydrogens (tertiary/aromatic N) is 1. The van der Waals surface area contributed by atoms with Crippen molar-refractivity contribution < 1.29 is 9.53 Å². The predicted octanol–water partition coefficient (Wildman–Crippen LogP) is 2.79. The van der Waals surface area contributed by atoms with E-state index in [1.54, 1.807) is 12.0 Å². The van der Waals surface area contributed by atoms with E-state index in [0.29, 0.717) is 13.2 Å². The molecule has 0 aliphatic rings. The number of aryl methyl sites for hydroxylation is 2. The van der Waals surface area contributed by atoms with Crippen LogP contribution in [0.3, 0.4) is 0 Å². The van der Waals surface area contributed by atoms with Gasteiger partial charge in [0.25, 0.3) is 5.91 Å². The summed E-state index contributed by atoms with van der Waals surface area (Å²) in [7, 11) is 3.46. The van der Waals surface area contributed by atoms with E-state index in [-0.39, 0.29) is 10.7 Å². The van der Waals surface area contributed by atoms with Gasteiger partial charge in [-0.25, -0.2) is 0 Å². The number of rotatable bonds is 5. The summed E-state index contributed by atoms with van der Waals surface area (Å²) in [6.07, 6.45) is 0. The lowest BCUT2D eigenvalue weighted by Crippen LogP contribution is -2.34. The molecule has 1 rings (SSSR count). The summed E-state index contributed by atoms with van der Waals surface area (Å²) in [5.74, 6) is 0.0491. The van der Waals surface area contributed by atoms with E-state index in [9.17, 15) is 4.79 Å². The van der Waals surface area contributed by atoms with Gasteiger partial charge in [0.2, 0.25) is 0 Å². The average Bonchev–Trinajstić information content (AvgIpc) is 2.28. The van der Waals surface area contributed by atoms with Crippen LogP contribution in [0.25, 0.3) is 0 Å². The molecule has 1 amide bonds. The van der Waals surface area contributed by atoms with Crippen molar-refractivity contribution in [2.24, 2.45) is 0 Å². The maximum Gasteiger partial charge on any atom is 0.253 e. The minimum absolute atomic E-state index is 0.0491. The standard InChI is InChI=1S/C14H20BrNO2/c1-10-5-6-13(11(2)7-10)14(17)16(3)8-12(15)9-18-4/h5-7,12H,8-9H2,1-4H3. The van der Waals surface area contributed by atoms with Crippen LogP contribution in [0.5, 0.6) is 0 Å². The van der Waals surface area contributed by atoms with Gasteiger partial charge in [-0.1, -0.05) is 33.6 Å². The zero-order valence-electron chi connectivity index (χ0n) is 11.4. The van der Waals surface area contributed by atoms with E-state index in [0.717, 1.165) is 11.1 Å². The van der Waals surface area contributed by atoms with Crippen LogP contribution in [0.1, 0.15) is 21.5 Å². The zero-order valence-corrected chi connectivity index (χ0v) is 13.0. The van der Waals surface area contributed by atoms with Crippen LogP contribution in [0.4, 0.5) is 0 Å². The van der Waals surface area contributed by atoms with Crippen LogP contribution in [0, 0.1) is 13.8 Å². The van der Waals surface area contributed by atoms with Crippen molar-refractivity contribution in [1.82, 2.24) is 4.90 Å². The Morgan fingerprint density at radius 1 is 1.44 bits per heavy atom. The van der Waals surface area contributed by atoms with E-state index in [1.165, 1.54) is 5.56 Å². The maximum absolute atomic E-state index is 12.3. The first-order valence-electron chi connectivity index (χ1n) is 5.91. The summed E-state index contributed by atoms with van der Waals surface area (Å²) in [4.78, 5) is 14.2. The topological polar surface area (TPSA) is 29.5 Å². The fourth-order valence-corrected chi connectivity index (χ4v) is 2.57. The fraction of sp³-hybridized carbons (Fsp3) is 0.500. The molecule has 0 saturated heterocycles. The molecular weight excluding hydrogens is 294 g/mol. The molecule has 18 heavy (non-hydrogen) atoms. The molecular formula is C14H20BrNO2. The Morgan fingerprint density at radius 3 is 2.67 bits per heavy atom. The van der Waals surface area contributed by atoms with Crippen molar-refractivity contribution in [3.63, 3.8) is 0 Å². The number of alkyl halides is 1. The minimum atomic E-state index is 0.0491. The Balaban J connectivity index is 2.74. The molecule has 100 valence electrons. The van der Waals surface area contributed by atoms with Crippen molar-refractivity contribution in [2.75, 3.05) is 27.3 Å². The average molecular weight is 314 g/mol. The van der Waals surface area contributed by atoms with Crippen LogP contribution < -0.4 is 0 Å². The molecule has 0 aromatic heterocycles. The Morgan fingerprint density at radius 2 is 2.11 bits per heavy atom. The lowest BCUT2D eigenvalue weighted by molar-refractivity contribution is 0.0783. The molecule has 1 aromatic carbocycles. The Hall–Kier alpha value is -0.870. The van der Waals surface area contributed by atoms with E-state index in [2.05, 4.69) is 15.9 Å². The smallest absolute Gasteiger partial charge is 0.253 e. The van der Waals surface area contributed by atoms with E-state index >= 15 is 0 Å². The first-order chi connectivity index (χ1) is 8.45. The lowest BCUT2D eigenvalue weighted by Gasteiger charge is -2.21. The van der Waals surface area contributed by atoms with Crippen LogP contribution in [-0.2, 0) is 4.74 Å². The first-order valence-corrected chi connectivity index (χ1v) is 6.83. The second-order valence-electron chi connectivity index (χ2n) is 4.56. The summed E-state index contributed by atoms with van der Waals surface area (Å²) in [6, 6.07) is 5.89. The third-order valence-electron chi connectivity index (χ3n) is 2.78. The van der Waals surface area contributed by atoms with Gasteiger partial charge >= 0.3 is 0 Å². The Bertz CT molecular complexity index is 420. The number of halogens is 1. The second kappa shape index (κ2) is 6.90. The molecule has 0 heterocycles. The monoisotopic (exact) mass is 313 g/mol. The Kier molecular flexibility index (Phi) is 5.82. The molecule has 0 saturated carbocycles. The van der Waals surface area contributed by atoms with Crippen LogP contribution in [-0.4, -0.2) is 42.9 Å². The third kappa shape index (κ3) is 4.10. The lowest BCUT2D eigenvalue weighted by atomic mass is 10.0. The Labute approximate surface area is 117 Å². The van der Waals surface area contributed by atoms with Gasteiger partial charge in [0.1, 0.15) is 0 Å². The largest absolute Gasteiger partial charge is 0.383 e. The maximum atomic E-state index is 12.3. The number of benzene rings is 1. The number of methoxy groups -OCH3 is 1. The van der Waals surface area contributed by atoms with Crippen molar-refractivity contribution in [3.05, 3.63) is 34.9 Å². The predicted molar refractivity (Wildman–Crippen MR) is 77.5 cm³/mol. The summed E-state index contributed by atoms with van der Waals surface area (Å²) < 4.78 is 5.04. The van der Waals surface area contributed by atoms with Crippen molar-refractivity contribution >= 4 is 21.8 Å². The highest BCUT2D eigenvalue weighted by Crippen LogP contribution is 2.13. The van der Waals surface area contributed by atoms with Gasteiger partial charge in [-0.2, -0.15) is 0 Å². The molecule has 0 spiro atoms. The summed E-state index contributed by atoms with van der Waals surface area (Å²) in [6.45, 7) is 5.21. The van der Waals surface area contributed by atoms with Gasteiger partial charge < -0.3 is 9.64 Å². The number of hydrogen-bond acceptors (Lipinski definition) is 2. The molecule has 1 aromatic rings. The van der Waals surface area contributed by atoms with Gasteiger partial charge in [-0.05, 0) is 25.5 Å². The molecule has 4 heteroatoms. The van der Waals surface area contributed by atoms with Crippen molar-refractivity contribution in [1.29, 1.82) is 0 Å². The molecule has 1 atom stereocenters. The fourth-order valence-electron chi connectivity index (χ4n) is 1.87. The summed E-state index contributed by atoms with van der Waals surface area (Å²) in [5, 5.41) is 0. The van der Waals surface area contributed by atoms with Gasteiger partial charge in [0.15, 0.2) is 0 Å². The molecule has 0 radical (unpaired) electrons. The minimum Gasteiger partial charge on any atom is -0.383 e. The molecule has 1 unspecified atom stereocenters. The number of carbonyl (C=O) groups excluding carboxylic acids is 1. The van der Waals surface area contributed by atoms with Crippen LogP contribution in [0.15, 0.2) is 18.2 Å². The highest BCUT2D eigenvalue weighted by Gasteiger charge is 2.16. The highest BCUT2D eigenvalue weighted by atomic mass is 79.9. The van der Waals surface area contributed by atoms with E-state index in [4.69, 9.17) is 4.74 Å². The van der Waals surface area contributed by atoms with E-state index in [1.807, 2.05) is 39.1 Å². The van der Waals surface area contributed by atoms with Crippen molar-refractivity contribution in [2.45, 2.75) is 18.7 Å². The number of hydrogen-bond donors (Lipinski definition) is 0. The highest BCUT2D eigenvalue weighted by molar-refractivity contribution is 9.09. The van der Waals surface area contributed by atoms with Gasteiger partial charge in [-0.3, -0.25) is 4.79 Å². The summed E-state index contributed by atoms with van der Waals surface area (Å²) >= 11 is 3.49. The first kappa shape index (κ1) is 15.2. The van der Waals surface area contributed by atoms with Crippen LogP contribution >= 0.6 is 15.9 Å². The van der Waals surface area contributed by atoms with Crippen LogP contribution in [0.2, 0.25) is 0 Å². The molecule has 0 bridgehead atoms. The number of carbonyl (C=O) groups is 1. The number of ether oxygens (including phenoxy) is 1. The van der Waals surface area contributed by atoms with Gasteiger partial charge in [-0.15, -0.1) is 0 Å². The third-order valence-corrected chi connectivity index (χ3v) is 3.33. The van der Waals surface area contributed by atoms with Gasteiger partial charge in [0, 0.05) is 26.3 Å². The summed E-state index contributed by atoms with van der Waals surface area (Å²) in [5.41, 5.74) is 2.95. The molecule has 0 N–H and O–H groups in total. The zero-order chi connectivity index (χ0) is 13.7. The second-order valence-corrected chi connectivity index (χ2v) is 5.85. The molecule has 0 aliphatic carbocycles. The molecule has 0 fully saturated rings. The normalized spacial score (nSPS) is 12.3. The van der Waals surface area contributed by atoms with Gasteiger partial charge in [0.05, 0.1) is 11.4 Å². The molecule has 0 aliphatic heterocycles. The number of amides is 1. The molecule has 3 nitrogen and oxygen atoms in total. The SMILES string of the molecule is COCC(Br)CN(C)C(=O)c1ccc(C)cc1C. The quantitative estimate of drug-likeness (QED) is 0.782. The van der Waals surface area contributed by atoms with Crippen molar-refractivity contribution in [3.8, 4) is 0 Å².